The van der Waals surface area contributed by atoms with Gasteiger partial charge in [0, 0.05) is 0 Å². The second kappa shape index (κ2) is 3.46. The van der Waals surface area contributed by atoms with Gasteiger partial charge in [0.05, 0.1) is 18.4 Å². The molecule has 2 atom stereocenters. The average Bonchev–Trinajstić information content (AvgIpc) is 2.66. The van der Waals surface area contributed by atoms with Crippen LogP contribution < -0.4 is 0 Å². The predicted molar refractivity (Wildman–Crippen MR) is 62.0 cm³/mol. The Morgan fingerprint density at radius 2 is 1.89 bits per heavy atom. The summed E-state index contributed by atoms with van der Waals surface area (Å²) in [5.41, 5.74) is -0.236. The molecule has 3 rings (SSSR count). The first-order chi connectivity index (χ1) is 8.84. The van der Waals surface area contributed by atoms with Crippen LogP contribution in [-0.2, 0) is 16.1 Å². The molecule has 2 heterocycles. The summed E-state index contributed by atoms with van der Waals surface area (Å²) in [5.74, 6) is -1.89. The average molecular weight is 263 g/mol. The lowest BCUT2D eigenvalue weighted by molar-refractivity contribution is -0.144. The fraction of sp³-hybridized carbons (Fsp3) is 0.462. The van der Waals surface area contributed by atoms with Gasteiger partial charge in [-0.1, -0.05) is 13.8 Å². The van der Waals surface area contributed by atoms with Gasteiger partial charge < -0.3 is 9.52 Å². The van der Waals surface area contributed by atoms with Crippen molar-refractivity contribution < 1.29 is 23.9 Å². The molecule has 0 bridgehead atoms. The van der Waals surface area contributed by atoms with Crippen molar-refractivity contribution in [2.45, 2.75) is 20.4 Å². The van der Waals surface area contributed by atoms with E-state index in [2.05, 4.69) is 0 Å². The molecule has 0 spiro atoms. The number of carbonyl (C=O) groups excluding carboxylic acids is 2. The normalized spacial score (nSPS) is 27.6. The van der Waals surface area contributed by atoms with Crippen LogP contribution in [0.2, 0.25) is 0 Å². The number of rotatable bonds is 3. The fourth-order valence-electron chi connectivity index (χ4n) is 2.89. The molecule has 2 amide bonds. The number of carboxylic acid groups (broad SMARTS) is 1. The number of carboxylic acids is 1. The van der Waals surface area contributed by atoms with Gasteiger partial charge in [-0.25, -0.2) is 4.79 Å². The summed E-state index contributed by atoms with van der Waals surface area (Å²) in [5, 5.41) is 8.74. The lowest BCUT2D eigenvalue weighted by Crippen LogP contribution is -2.35. The number of piperidine rings is 1. The molecule has 0 radical (unpaired) electrons. The van der Waals surface area contributed by atoms with E-state index >= 15 is 0 Å². The van der Waals surface area contributed by atoms with Crippen LogP contribution in [0, 0.1) is 17.3 Å². The van der Waals surface area contributed by atoms with E-state index in [4.69, 9.17) is 9.52 Å². The molecule has 1 aromatic heterocycles. The summed E-state index contributed by atoms with van der Waals surface area (Å²) >= 11 is 0. The summed E-state index contributed by atoms with van der Waals surface area (Å²) in [7, 11) is 0. The molecule has 6 heteroatoms. The summed E-state index contributed by atoms with van der Waals surface area (Å²) in [6.07, 6.45) is 0. The van der Waals surface area contributed by atoms with E-state index < -0.39 is 5.97 Å². The fourth-order valence-corrected chi connectivity index (χ4v) is 2.89. The standard InChI is InChI=1S/C13H13NO5/c1-13(2)8-9(13)11(16)14(10(8)15)5-6-3-4-7(19-6)12(17)18/h3-4,8-9H,5H2,1-2H3,(H,17,18). The zero-order valence-corrected chi connectivity index (χ0v) is 10.5. The van der Waals surface area contributed by atoms with Crippen molar-refractivity contribution in [1.82, 2.24) is 4.90 Å². The molecule has 100 valence electrons. The third kappa shape index (κ3) is 1.52. The molecule has 1 saturated heterocycles. The van der Waals surface area contributed by atoms with Crippen LogP contribution in [0.4, 0.5) is 0 Å². The summed E-state index contributed by atoms with van der Waals surface area (Å²) < 4.78 is 5.06. The number of imide groups is 1. The Bertz CT molecular complexity index is 576. The van der Waals surface area contributed by atoms with Gasteiger partial charge in [-0.15, -0.1) is 0 Å². The van der Waals surface area contributed by atoms with E-state index in [1.807, 2.05) is 13.8 Å². The SMILES string of the molecule is CC1(C)C2C(=O)N(Cc3ccc(C(=O)O)o3)C(=O)C21. The second-order valence-corrected chi connectivity index (χ2v) is 5.61. The first-order valence-corrected chi connectivity index (χ1v) is 6.01. The molecule has 1 aliphatic carbocycles. The highest BCUT2D eigenvalue weighted by Gasteiger charge is 2.72. The number of fused-ring (bicyclic) bond motifs is 1. The maximum atomic E-state index is 12.1. The molecule has 1 saturated carbocycles. The molecule has 1 aliphatic heterocycles. The number of carbonyl (C=O) groups is 3. The largest absolute Gasteiger partial charge is 0.475 e. The number of furan rings is 1. The van der Waals surface area contributed by atoms with Gasteiger partial charge in [0.25, 0.3) is 0 Å². The monoisotopic (exact) mass is 263 g/mol. The Kier molecular flexibility index (Phi) is 2.18. The van der Waals surface area contributed by atoms with Gasteiger partial charge in [-0.05, 0) is 17.5 Å². The van der Waals surface area contributed by atoms with E-state index in [-0.39, 0.29) is 41.4 Å². The van der Waals surface area contributed by atoms with Crippen molar-refractivity contribution in [3.05, 3.63) is 23.7 Å². The van der Waals surface area contributed by atoms with Gasteiger partial charge in [0.15, 0.2) is 0 Å². The van der Waals surface area contributed by atoms with Crippen LogP contribution in [0.1, 0.15) is 30.2 Å². The predicted octanol–water partition coefficient (Wildman–Crippen LogP) is 1.12. The number of likely N-dealkylation sites (tertiary alicyclic amines) is 1. The van der Waals surface area contributed by atoms with Crippen LogP contribution in [0.3, 0.4) is 0 Å². The minimum absolute atomic E-state index is 0.00796. The van der Waals surface area contributed by atoms with E-state index in [0.717, 1.165) is 4.90 Å². The first-order valence-electron chi connectivity index (χ1n) is 6.01. The minimum atomic E-state index is -1.17. The molecular weight excluding hydrogens is 250 g/mol. The summed E-state index contributed by atoms with van der Waals surface area (Å²) in [6.45, 7) is 3.82. The summed E-state index contributed by atoms with van der Waals surface area (Å²) in [4.78, 5) is 36.0. The summed E-state index contributed by atoms with van der Waals surface area (Å²) in [6, 6.07) is 2.78. The van der Waals surface area contributed by atoms with Crippen LogP contribution in [0.25, 0.3) is 0 Å². The minimum Gasteiger partial charge on any atom is -0.475 e. The zero-order chi connectivity index (χ0) is 13.9. The Balaban J connectivity index is 1.77. The van der Waals surface area contributed by atoms with Gasteiger partial charge in [0.1, 0.15) is 5.76 Å². The quantitative estimate of drug-likeness (QED) is 0.825. The van der Waals surface area contributed by atoms with E-state index in [1.165, 1.54) is 12.1 Å². The van der Waals surface area contributed by atoms with Crippen molar-refractivity contribution in [2.24, 2.45) is 17.3 Å². The zero-order valence-electron chi connectivity index (χ0n) is 10.5. The lowest BCUT2D eigenvalue weighted by atomic mass is 10.1. The van der Waals surface area contributed by atoms with Gasteiger partial charge in [0.2, 0.25) is 17.6 Å². The number of nitrogens with zero attached hydrogens (tertiary/aromatic N) is 1. The molecule has 2 unspecified atom stereocenters. The second-order valence-electron chi connectivity index (χ2n) is 5.61. The van der Waals surface area contributed by atoms with Crippen molar-refractivity contribution in [3.8, 4) is 0 Å². The number of amides is 2. The molecule has 2 fully saturated rings. The Labute approximate surface area is 109 Å². The topological polar surface area (TPSA) is 87.8 Å². The highest BCUT2D eigenvalue weighted by atomic mass is 16.4. The van der Waals surface area contributed by atoms with E-state index in [1.54, 1.807) is 0 Å². The van der Waals surface area contributed by atoms with Crippen molar-refractivity contribution in [3.63, 3.8) is 0 Å². The smallest absolute Gasteiger partial charge is 0.371 e. The molecule has 0 aromatic carbocycles. The van der Waals surface area contributed by atoms with Crippen molar-refractivity contribution in [2.75, 3.05) is 0 Å². The van der Waals surface area contributed by atoms with E-state index in [0.29, 0.717) is 5.76 Å². The maximum Gasteiger partial charge on any atom is 0.371 e. The van der Waals surface area contributed by atoms with Crippen molar-refractivity contribution >= 4 is 17.8 Å². The Morgan fingerprint density at radius 3 is 2.37 bits per heavy atom. The van der Waals surface area contributed by atoms with Gasteiger partial charge >= 0.3 is 5.97 Å². The van der Waals surface area contributed by atoms with Crippen LogP contribution in [-0.4, -0.2) is 27.8 Å². The maximum absolute atomic E-state index is 12.1. The highest BCUT2D eigenvalue weighted by Crippen LogP contribution is 2.63. The molecule has 1 aromatic rings. The molecule has 19 heavy (non-hydrogen) atoms. The highest BCUT2D eigenvalue weighted by molar-refractivity contribution is 6.10. The Morgan fingerprint density at radius 1 is 1.32 bits per heavy atom. The number of hydrogen-bond donors (Lipinski definition) is 1. The van der Waals surface area contributed by atoms with Crippen molar-refractivity contribution in [1.29, 1.82) is 0 Å². The third-order valence-corrected chi connectivity index (χ3v) is 4.08. The molecule has 1 N–H and O–H groups in total. The molecular formula is C13H13NO5. The first kappa shape index (κ1) is 12.0. The Hall–Kier alpha value is -2.11. The van der Waals surface area contributed by atoms with Crippen LogP contribution in [0.15, 0.2) is 16.5 Å². The third-order valence-electron chi connectivity index (χ3n) is 4.08. The number of aromatic carboxylic acids is 1. The molecule has 6 nitrogen and oxygen atoms in total. The van der Waals surface area contributed by atoms with Crippen LogP contribution in [0.5, 0.6) is 0 Å². The number of hydrogen-bond acceptors (Lipinski definition) is 4. The van der Waals surface area contributed by atoms with Gasteiger partial charge in [-0.3, -0.25) is 14.5 Å². The van der Waals surface area contributed by atoms with Crippen LogP contribution >= 0.6 is 0 Å². The lowest BCUT2D eigenvalue weighted by Gasteiger charge is -2.19. The van der Waals surface area contributed by atoms with E-state index in [9.17, 15) is 14.4 Å². The van der Waals surface area contributed by atoms with Gasteiger partial charge in [-0.2, -0.15) is 0 Å². The molecule has 2 aliphatic rings.